The van der Waals surface area contributed by atoms with Gasteiger partial charge in [-0.05, 0) is 12.1 Å². The van der Waals surface area contributed by atoms with E-state index in [2.05, 4.69) is 9.71 Å². The summed E-state index contributed by atoms with van der Waals surface area (Å²) in [5.74, 6) is 0.348. The van der Waals surface area contributed by atoms with Crippen LogP contribution in [0, 0.1) is 0 Å². The first-order valence-electron chi connectivity index (χ1n) is 7.48. The fraction of sp³-hybridized carbons (Fsp3) is 0.250. The standard InChI is InChI=1S/C16H17N3O4S2/c1-19(8-7-17-25(2,21)22)16(20)12-10-24-15(18-12)14-9-11-5-3-4-6-13(11)23-14/h3-6,9-10,17H,7-8H2,1-2H3. The summed E-state index contributed by atoms with van der Waals surface area (Å²) in [6, 6.07) is 9.54. The Hall–Kier alpha value is -2.23. The first-order chi connectivity index (χ1) is 11.8. The number of fused-ring (bicyclic) bond motifs is 1. The molecule has 9 heteroatoms. The van der Waals surface area contributed by atoms with E-state index >= 15 is 0 Å². The van der Waals surface area contributed by atoms with E-state index in [9.17, 15) is 13.2 Å². The van der Waals surface area contributed by atoms with Crippen molar-refractivity contribution in [3.05, 3.63) is 41.4 Å². The smallest absolute Gasteiger partial charge is 0.273 e. The van der Waals surface area contributed by atoms with Gasteiger partial charge in [0, 0.05) is 30.9 Å². The van der Waals surface area contributed by atoms with Crippen LogP contribution in [0.3, 0.4) is 0 Å². The number of furan rings is 1. The highest BCUT2D eigenvalue weighted by atomic mass is 32.2. The van der Waals surface area contributed by atoms with Crippen LogP contribution in [-0.4, -0.2) is 50.6 Å². The Bertz CT molecular complexity index is 974. The van der Waals surface area contributed by atoms with Crippen LogP contribution in [0.2, 0.25) is 0 Å². The highest BCUT2D eigenvalue weighted by molar-refractivity contribution is 7.88. The molecule has 0 atom stereocenters. The minimum Gasteiger partial charge on any atom is -0.454 e. The number of carbonyl (C=O) groups is 1. The average molecular weight is 379 g/mol. The number of sulfonamides is 1. The topological polar surface area (TPSA) is 92.5 Å². The van der Waals surface area contributed by atoms with Gasteiger partial charge in [-0.15, -0.1) is 11.3 Å². The number of likely N-dealkylation sites (N-methyl/N-ethyl adjacent to an activating group) is 1. The number of hydrogen-bond donors (Lipinski definition) is 1. The molecule has 0 unspecified atom stereocenters. The minimum absolute atomic E-state index is 0.154. The van der Waals surface area contributed by atoms with Crippen LogP contribution in [0.15, 0.2) is 40.1 Å². The number of thiazole rings is 1. The molecule has 1 amide bonds. The molecular weight excluding hydrogens is 362 g/mol. The molecule has 0 spiro atoms. The Morgan fingerprint density at radius 2 is 2.12 bits per heavy atom. The number of amides is 1. The van der Waals surface area contributed by atoms with Crippen molar-refractivity contribution in [1.29, 1.82) is 0 Å². The average Bonchev–Trinajstić information content (AvgIpc) is 3.19. The van der Waals surface area contributed by atoms with Gasteiger partial charge in [-0.3, -0.25) is 4.79 Å². The Morgan fingerprint density at radius 3 is 2.84 bits per heavy atom. The zero-order valence-electron chi connectivity index (χ0n) is 13.7. The number of nitrogens with zero attached hydrogens (tertiary/aromatic N) is 2. The van der Waals surface area contributed by atoms with E-state index in [1.165, 1.54) is 16.2 Å². The van der Waals surface area contributed by atoms with Gasteiger partial charge in [0.15, 0.2) is 10.8 Å². The van der Waals surface area contributed by atoms with Crippen molar-refractivity contribution < 1.29 is 17.6 Å². The molecule has 132 valence electrons. The van der Waals surface area contributed by atoms with Gasteiger partial charge >= 0.3 is 0 Å². The first-order valence-corrected chi connectivity index (χ1v) is 10.3. The zero-order valence-corrected chi connectivity index (χ0v) is 15.4. The van der Waals surface area contributed by atoms with Crippen LogP contribution in [0.5, 0.6) is 0 Å². The fourth-order valence-electron chi connectivity index (χ4n) is 2.27. The summed E-state index contributed by atoms with van der Waals surface area (Å²) in [6.45, 7) is 0.408. The lowest BCUT2D eigenvalue weighted by molar-refractivity contribution is 0.0793. The predicted molar refractivity (Wildman–Crippen MR) is 97.1 cm³/mol. The number of benzene rings is 1. The molecule has 7 nitrogen and oxygen atoms in total. The molecule has 1 N–H and O–H groups in total. The van der Waals surface area contributed by atoms with E-state index in [1.54, 1.807) is 12.4 Å². The number of carbonyl (C=O) groups excluding carboxylic acids is 1. The highest BCUT2D eigenvalue weighted by Gasteiger charge is 2.18. The van der Waals surface area contributed by atoms with Crippen molar-refractivity contribution in [2.24, 2.45) is 0 Å². The van der Waals surface area contributed by atoms with Crippen LogP contribution in [0.25, 0.3) is 21.7 Å². The number of nitrogens with one attached hydrogen (secondary N) is 1. The number of hydrogen-bond acceptors (Lipinski definition) is 6. The van der Waals surface area contributed by atoms with E-state index in [0.717, 1.165) is 17.2 Å². The maximum atomic E-state index is 12.4. The summed E-state index contributed by atoms with van der Waals surface area (Å²) in [5.41, 5.74) is 1.08. The largest absolute Gasteiger partial charge is 0.454 e. The molecule has 0 aliphatic heterocycles. The van der Waals surface area contributed by atoms with Crippen molar-refractivity contribution >= 4 is 38.2 Å². The molecule has 1 aromatic carbocycles. The van der Waals surface area contributed by atoms with Crippen molar-refractivity contribution in [1.82, 2.24) is 14.6 Å². The lowest BCUT2D eigenvalue weighted by atomic mass is 10.2. The van der Waals surface area contributed by atoms with Crippen LogP contribution in [0.4, 0.5) is 0 Å². The molecular formula is C16H17N3O4S2. The van der Waals surface area contributed by atoms with E-state index in [0.29, 0.717) is 16.5 Å². The molecule has 2 heterocycles. The van der Waals surface area contributed by atoms with E-state index in [1.807, 2.05) is 30.3 Å². The third-order valence-electron chi connectivity index (χ3n) is 3.52. The van der Waals surface area contributed by atoms with E-state index < -0.39 is 10.0 Å². The minimum atomic E-state index is -3.27. The summed E-state index contributed by atoms with van der Waals surface area (Å²) in [4.78, 5) is 18.2. The van der Waals surface area contributed by atoms with Crippen molar-refractivity contribution in [2.75, 3.05) is 26.4 Å². The first kappa shape index (κ1) is 17.6. The quantitative estimate of drug-likeness (QED) is 0.709. The second-order valence-corrected chi connectivity index (χ2v) is 8.27. The molecule has 0 aliphatic rings. The molecule has 0 radical (unpaired) electrons. The Balaban J connectivity index is 1.70. The van der Waals surface area contributed by atoms with Crippen LogP contribution in [-0.2, 0) is 10.0 Å². The third kappa shape index (κ3) is 4.25. The Kier molecular flexibility index (Phi) is 4.89. The number of aromatic nitrogens is 1. The normalized spacial score (nSPS) is 11.8. The molecule has 3 rings (SSSR count). The predicted octanol–water partition coefficient (Wildman–Crippen LogP) is 2.18. The molecule has 0 aliphatic carbocycles. The number of para-hydroxylation sites is 1. The molecule has 25 heavy (non-hydrogen) atoms. The lowest BCUT2D eigenvalue weighted by Gasteiger charge is -2.15. The van der Waals surface area contributed by atoms with Gasteiger partial charge in [0.25, 0.3) is 5.91 Å². The van der Waals surface area contributed by atoms with Gasteiger partial charge in [-0.1, -0.05) is 18.2 Å². The molecule has 2 aromatic heterocycles. The van der Waals surface area contributed by atoms with Crippen molar-refractivity contribution in [3.63, 3.8) is 0 Å². The van der Waals surface area contributed by atoms with Crippen LogP contribution < -0.4 is 4.72 Å². The van der Waals surface area contributed by atoms with Crippen LogP contribution in [0.1, 0.15) is 10.5 Å². The molecule has 0 fully saturated rings. The lowest BCUT2D eigenvalue weighted by Crippen LogP contribution is -2.35. The zero-order chi connectivity index (χ0) is 18.0. The second-order valence-electron chi connectivity index (χ2n) is 5.58. The van der Waals surface area contributed by atoms with Crippen LogP contribution >= 0.6 is 11.3 Å². The van der Waals surface area contributed by atoms with Gasteiger partial charge in [0.2, 0.25) is 10.0 Å². The van der Waals surface area contributed by atoms with Gasteiger partial charge in [0.05, 0.1) is 6.26 Å². The molecule has 0 bridgehead atoms. The summed E-state index contributed by atoms with van der Waals surface area (Å²) < 4.78 is 30.2. The Labute approximate surface area is 149 Å². The SMILES string of the molecule is CN(CCNS(C)(=O)=O)C(=O)c1csc(-c2cc3ccccc3o2)n1. The van der Waals surface area contributed by atoms with Crippen molar-refractivity contribution in [2.45, 2.75) is 0 Å². The van der Waals surface area contributed by atoms with Crippen molar-refractivity contribution in [3.8, 4) is 10.8 Å². The molecule has 0 saturated carbocycles. The maximum Gasteiger partial charge on any atom is 0.273 e. The molecule has 3 aromatic rings. The highest BCUT2D eigenvalue weighted by Crippen LogP contribution is 2.30. The summed E-state index contributed by atoms with van der Waals surface area (Å²) in [5, 5.41) is 3.28. The second kappa shape index (κ2) is 6.95. The van der Waals surface area contributed by atoms with E-state index in [-0.39, 0.29) is 19.0 Å². The van der Waals surface area contributed by atoms with Gasteiger partial charge in [0.1, 0.15) is 11.3 Å². The Morgan fingerprint density at radius 1 is 1.36 bits per heavy atom. The van der Waals surface area contributed by atoms with E-state index in [4.69, 9.17) is 4.42 Å². The summed E-state index contributed by atoms with van der Waals surface area (Å²) in [7, 11) is -1.67. The summed E-state index contributed by atoms with van der Waals surface area (Å²) in [6.07, 6.45) is 1.08. The molecule has 0 saturated heterocycles. The van der Waals surface area contributed by atoms with Gasteiger partial charge < -0.3 is 9.32 Å². The van der Waals surface area contributed by atoms with Gasteiger partial charge in [-0.2, -0.15) is 0 Å². The summed E-state index contributed by atoms with van der Waals surface area (Å²) >= 11 is 1.33. The third-order valence-corrected chi connectivity index (χ3v) is 5.10. The fourth-order valence-corrected chi connectivity index (χ4v) is 3.47. The number of rotatable bonds is 6. The maximum absolute atomic E-state index is 12.4. The van der Waals surface area contributed by atoms with Gasteiger partial charge in [-0.25, -0.2) is 18.1 Å². The monoisotopic (exact) mass is 379 g/mol.